The van der Waals surface area contributed by atoms with Crippen LogP contribution in [-0.2, 0) is 6.42 Å². The Bertz CT molecular complexity index is 322. The Kier molecular flexibility index (Phi) is 3.27. The van der Waals surface area contributed by atoms with Crippen LogP contribution in [-0.4, -0.2) is 27.2 Å². The van der Waals surface area contributed by atoms with Gasteiger partial charge < -0.3 is 10.2 Å². The number of nitrogens with one attached hydrogen (secondary N) is 1. The van der Waals surface area contributed by atoms with Gasteiger partial charge in [0.15, 0.2) is 0 Å². The number of benzene rings is 1. The Labute approximate surface area is 92.3 Å². The van der Waals surface area contributed by atoms with Crippen LogP contribution >= 0.6 is 0 Å². The van der Waals surface area contributed by atoms with Gasteiger partial charge in [-0.25, -0.2) is 0 Å². The third kappa shape index (κ3) is 2.32. The van der Waals surface area contributed by atoms with Gasteiger partial charge in [0, 0.05) is 19.3 Å². The highest BCUT2D eigenvalue weighted by atomic mass is 15.1. The van der Waals surface area contributed by atoms with Crippen molar-refractivity contribution in [3.05, 3.63) is 29.8 Å². The molecule has 0 bridgehead atoms. The van der Waals surface area contributed by atoms with Crippen LogP contribution in [0.2, 0.25) is 0 Å². The fourth-order valence-corrected chi connectivity index (χ4v) is 2.49. The van der Waals surface area contributed by atoms with Gasteiger partial charge in [-0.3, -0.25) is 0 Å². The second-order valence-electron chi connectivity index (χ2n) is 4.47. The molecule has 0 fully saturated rings. The summed E-state index contributed by atoms with van der Waals surface area (Å²) >= 11 is 0. The lowest BCUT2D eigenvalue weighted by Crippen LogP contribution is -2.30. The van der Waals surface area contributed by atoms with E-state index in [1.807, 2.05) is 7.05 Å². The number of aryl methyl sites for hydroxylation is 1. The van der Waals surface area contributed by atoms with E-state index in [1.54, 1.807) is 0 Å². The standard InChI is InChI=1S/C13H20N2/c1-14-9-11-7-8-12-5-3-4-6-13(12)15(2)10-11/h3-6,11,14H,7-10H2,1-2H3. The lowest BCUT2D eigenvalue weighted by Gasteiger charge is -2.23. The van der Waals surface area contributed by atoms with Crippen LogP contribution in [0, 0.1) is 5.92 Å². The van der Waals surface area contributed by atoms with Crippen LogP contribution in [0.1, 0.15) is 12.0 Å². The predicted octanol–water partition coefficient (Wildman–Crippen LogP) is 1.90. The van der Waals surface area contributed by atoms with Gasteiger partial charge in [-0.1, -0.05) is 18.2 Å². The summed E-state index contributed by atoms with van der Waals surface area (Å²) in [5, 5.41) is 3.29. The normalized spacial score (nSPS) is 20.9. The lowest BCUT2D eigenvalue weighted by atomic mass is 10.0. The predicted molar refractivity (Wildman–Crippen MR) is 65.4 cm³/mol. The van der Waals surface area contributed by atoms with E-state index in [4.69, 9.17) is 0 Å². The Morgan fingerprint density at radius 1 is 1.40 bits per heavy atom. The molecule has 0 saturated heterocycles. The van der Waals surface area contributed by atoms with Crippen molar-refractivity contribution in [3.8, 4) is 0 Å². The van der Waals surface area contributed by atoms with Crippen LogP contribution in [0.25, 0.3) is 0 Å². The first-order valence-electron chi connectivity index (χ1n) is 5.75. The molecule has 0 aliphatic carbocycles. The molecule has 1 heterocycles. The third-order valence-corrected chi connectivity index (χ3v) is 3.25. The molecule has 1 aliphatic heterocycles. The van der Waals surface area contributed by atoms with Crippen molar-refractivity contribution in [1.82, 2.24) is 5.32 Å². The van der Waals surface area contributed by atoms with Gasteiger partial charge >= 0.3 is 0 Å². The van der Waals surface area contributed by atoms with E-state index in [-0.39, 0.29) is 0 Å². The molecule has 1 aliphatic rings. The van der Waals surface area contributed by atoms with Crippen molar-refractivity contribution < 1.29 is 0 Å². The maximum Gasteiger partial charge on any atom is 0.0396 e. The van der Waals surface area contributed by atoms with Crippen molar-refractivity contribution in [3.63, 3.8) is 0 Å². The van der Waals surface area contributed by atoms with Gasteiger partial charge in [0.25, 0.3) is 0 Å². The topological polar surface area (TPSA) is 15.3 Å². The molecular formula is C13H20N2. The zero-order chi connectivity index (χ0) is 10.7. The summed E-state index contributed by atoms with van der Waals surface area (Å²) in [6, 6.07) is 8.77. The lowest BCUT2D eigenvalue weighted by molar-refractivity contribution is 0.475. The second kappa shape index (κ2) is 4.67. The van der Waals surface area contributed by atoms with Crippen LogP contribution in [0.5, 0.6) is 0 Å². The highest BCUT2D eigenvalue weighted by Gasteiger charge is 2.18. The summed E-state index contributed by atoms with van der Waals surface area (Å²) in [6.07, 6.45) is 2.51. The van der Waals surface area contributed by atoms with E-state index in [0.717, 1.165) is 19.0 Å². The van der Waals surface area contributed by atoms with E-state index in [9.17, 15) is 0 Å². The summed E-state index contributed by atoms with van der Waals surface area (Å²) < 4.78 is 0. The van der Waals surface area contributed by atoms with Gasteiger partial charge in [0.05, 0.1) is 0 Å². The molecule has 0 spiro atoms. The first-order chi connectivity index (χ1) is 7.31. The van der Waals surface area contributed by atoms with E-state index in [0.29, 0.717) is 0 Å². The molecule has 0 saturated carbocycles. The Morgan fingerprint density at radius 2 is 2.20 bits per heavy atom. The zero-order valence-corrected chi connectivity index (χ0v) is 9.66. The fourth-order valence-electron chi connectivity index (χ4n) is 2.49. The first-order valence-corrected chi connectivity index (χ1v) is 5.75. The molecule has 1 unspecified atom stereocenters. The second-order valence-corrected chi connectivity index (χ2v) is 4.47. The van der Waals surface area contributed by atoms with Crippen LogP contribution in [0.3, 0.4) is 0 Å². The molecule has 1 aromatic carbocycles. The van der Waals surface area contributed by atoms with E-state index in [1.165, 1.54) is 24.1 Å². The fraction of sp³-hybridized carbons (Fsp3) is 0.538. The van der Waals surface area contributed by atoms with E-state index >= 15 is 0 Å². The number of hydrogen-bond donors (Lipinski definition) is 1. The highest BCUT2D eigenvalue weighted by Crippen LogP contribution is 2.26. The molecular weight excluding hydrogens is 184 g/mol. The van der Waals surface area contributed by atoms with E-state index in [2.05, 4.69) is 41.5 Å². The SMILES string of the molecule is CNCC1CCc2ccccc2N(C)C1. The first kappa shape index (κ1) is 10.5. The molecule has 2 rings (SSSR count). The number of rotatable bonds is 2. The monoisotopic (exact) mass is 204 g/mol. The minimum absolute atomic E-state index is 0.771. The smallest absolute Gasteiger partial charge is 0.0396 e. The van der Waals surface area contributed by atoms with Crippen LogP contribution in [0.4, 0.5) is 5.69 Å². The number of nitrogens with zero attached hydrogens (tertiary/aromatic N) is 1. The summed E-state index contributed by atoms with van der Waals surface area (Å²) in [7, 11) is 4.24. The van der Waals surface area contributed by atoms with Gasteiger partial charge in [0.2, 0.25) is 0 Å². The van der Waals surface area contributed by atoms with Crippen molar-refractivity contribution in [2.75, 3.05) is 32.1 Å². The average molecular weight is 204 g/mol. The van der Waals surface area contributed by atoms with E-state index < -0.39 is 0 Å². The molecule has 0 amide bonds. The molecule has 1 aromatic rings. The number of para-hydroxylation sites is 1. The molecule has 1 N–H and O–H groups in total. The molecule has 0 radical (unpaired) electrons. The maximum absolute atomic E-state index is 3.29. The van der Waals surface area contributed by atoms with Crippen molar-refractivity contribution in [2.45, 2.75) is 12.8 Å². The largest absolute Gasteiger partial charge is 0.374 e. The number of anilines is 1. The summed E-state index contributed by atoms with van der Waals surface area (Å²) in [6.45, 7) is 2.29. The Hall–Kier alpha value is -1.02. The van der Waals surface area contributed by atoms with Crippen molar-refractivity contribution in [2.24, 2.45) is 5.92 Å². The van der Waals surface area contributed by atoms with Gasteiger partial charge in [-0.15, -0.1) is 0 Å². The minimum atomic E-state index is 0.771. The molecule has 15 heavy (non-hydrogen) atoms. The van der Waals surface area contributed by atoms with Crippen LogP contribution < -0.4 is 10.2 Å². The van der Waals surface area contributed by atoms with Gasteiger partial charge in [-0.05, 0) is 44.0 Å². The van der Waals surface area contributed by atoms with Crippen molar-refractivity contribution in [1.29, 1.82) is 0 Å². The average Bonchev–Trinajstić information content (AvgIpc) is 2.40. The van der Waals surface area contributed by atoms with Gasteiger partial charge in [-0.2, -0.15) is 0 Å². The molecule has 1 atom stereocenters. The number of fused-ring (bicyclic) bond motifs is 1. The number of hydrogen-bond acceptors (Lipinski definition) is 2. The Balaban J connectivity index is 2.17. The molecule has 0 aromatic heterocycles. The minimum Gasteiger partial charge on any atom is -0.374 e. The van der Waals surface area contributed by atoms with Crippen LogP contribution in [0.15, 0.2) is 24.3 Å². The third-order valence-electron chi connectivity index (χ3n) is 3.25. The quantitative estimate of drug-likeness (QED) is 0.791. The maximum atomic E-state index is 3.29. The molecule has 2 nitrogen and oxygen atoms in total. The Morgan fingerprint density at radius 3 is 3.00 bits per heavy atom. The van der Waals surface area contributed by atoms with Gasteiger partial charge in [0.1, 0.15) is 0 Å². The van der Waals surface area contributed by atoms with Crippen molar-refractivity contribution >= 4 is 5.69 Å². The summed E-state index contributed by atoms with van der Waals surface area (Å²) in [5.41, 5.74) is 2.91. The zero-order valence-electron chi connectivity index (χ0n) is 9.66. The molecule has 82 valence electrons. The highest BCUT2D eigenvalue weighted by molar-refractivity contribution is 5.53. The summed E-state index contributed by atoms with van der Waals surface area (Å²) in [4.78, 5) is 2.39. The molecule has 2 heteroatoms. The summed E-state index contributed by atoms with van der Waals surface area (Å²) in [5.74, 6) is 0.771.